The van der Waals surface area contributed by atoms with Crippen molar-refractivity contribution in [1.29, 1.82) is 0 Å². The van der Waals surface area contributed by atoms with E-state index in [1.807, 2.05) is 6.92 Å². The van der Waals surface area contributed by atoms with Crippen LogP contribution in [0.3, 0.4) is 0 Å². The first-order valence-corrected chi connectivity index (χ1v) is 14.7. The van der Waals surface area contributed by atoms with Crippen LogP contribution in [0.5, 0.6) is 0 Å². The van der Waals surface area contributed by atoms with Gasteiger partial charge in [-0.2, -0.15) is 0 Å². The Balaban J connectivity index is 2.25. The van der Waals surface area contributed by atoms with Gasteiger partial charge in [-0.1, -0.05) is 126 Å². The molecule has 0 unspecified atom stereocenters. The lowest BCUT2D eigenvalue weighted by Crippen LogP contribution is -2.66. The molecule has 0 spiro atoms. The highest BCUT2D eigenvalue weighted by atomic mass is 28.4. The van der Waals surface area contributed by atoms with Gasteiger partial charge in [0.25, 0.3) is 8.32 Å². The lowest BCUT2D eigenvalue weighted by molar-refractivity contribution is 0.0105. The molecule has 0 saturated carbocycles. The molecule has 2 aromatic carbocycles. The molecule has 0 fully saturated rings. The van der Waals surface area contributed by atoms with Gasteiger partial charge in [-0.3, -0.25) is 0 Å². The summed E-state index contributed by atoms with van der Waals surface area (Å²) in [6, 6.07) is 21.6. The Hall–Kier alpha value is -1.98. The first-order valence-electron chi connectivity index (χ1n) is 12.8. The molecule has 4 atom stereocenters. The summed E-state index contributed by atoms with van der Waals surface area (Å²) in [5.74, 6) is 0.585. The van der Waals surface area contributed by atoms with Gasteiger partial charge in [-0.05, 0) is 28.3 Å². The van der Waals surface area contributed by atoms with Crippen LogP contribution in [0.4, 0.5) is 0 Å². The standard InChI is InChI=1S/C31H46O3Si/c1-24(21-26(3)30(33-8)27(4)22-32)19-20-25(2)23-34-35(31(5,6)7,28-15-11-9-12-16-28)29-17-13-10-14-18-29/h9-21,25-27,30,32H,22-23H2,1-8H3/b20-19+,24-21+/t25-,26+,27+,30-/m1/s1. The molecular weight excluding hydrogens is 448 g/mol. The topological polar surface area (TPSA) is 38.7 Å². The second-order valence-corrected chi connectivity index (χ2v) is 15.2. The molecule has 0 bridgehead atoms. The SMILES string of the molecule is CO[C@H]([C@@H](C)/C=C(C)/C=C/[C@@H](C)CO[Si](c1ccccc1)(c1ccccc1)C(C)(C)C)[C@@H](C)CO. The van der Waals surface area contributed by atoms with Gasteiger partial charge in [0.15, 0.2) is 0 Å². The third kappa shape index (κ3) is 7.50. The van der Waals surface area contributed by atoms with Crippen molar-refractivity contribution in [1.82, 2.24) is 0 Å². The predicted octanol–water partition coefficient (Wildman–Crippen LogP) is 5.98. The maximum absolute atomic E-state index is 9.52. The minimum atomic E-state index is -2.52. The van der Waals surface area contributed by atoms with Crippen molar-refractivity contribution in [3.63, 3.8) is 0 Å². The predicted molar refractivity (Wildman–Crippen MR) is 152 cm³/mol. The highest BCUT2D eigenvalue weighted by Gasteiger charge is 2.50. The van der Waals surface area contributed by atoms with Gasteiger partial charge in [-0.15, -0.1) is 0 Å². The quantitative estimate of drug-likeness (QED) is 0.291. The second kappa shape index (κ2) is 13.4. The fourth-order valence-corrected chi connectivity index (χ4v) is 9.69. The van der Waals surface area contributed by atoms with E-state index in [0.29, 0.717) is 6.61 Å². The summed E-state index contributed by atoms with van der Waals surface area (Å²) in [5, 5.41) is 12.1. The molecule has 0 aliphatic carbocycles. The summed E-state index contributed by atoms with van der Waals surface area (Å²) in [4.78, 5) is 0. The summed E-state index contributed by atoms with van der Waals surface area (Å²) in [7, 11) is -0.801. The molecule has 192 valence electrons. The summed E-state index contributed by atoms with van der Waals surface area (Å²) >= 11 is 0. The van der Waals surface area contributed by atoms with Gasteiger partial charge in [0.1, 0.15) is 0 Å². The third-order valence-electron chi connectivity index (χ3n) is 6.83. The van der Waals surface area contributed by atoms with Crippen LogP contribution in [0.2, 0.25) is 5.04 Å². The number of hydrogen-bond donors (Lipinski definition) is 1. The van der Waals surface area contributed by atoms with Crippen LogP contribution < -0.4 is 10.4 Å². The number of aliphatic hydroxyl groups excluding tert-OH is 1. The number of hydrogen-bond acceptors (Lipinski definition) is 3. The molecule has 0 amide bonds. The van der Waals surface area contributed by atoms with Crippen LogP contribution in [-0.4, -0.2) is 39.9 Å². The van der Waals surface area contributed by atoms with Crippen molar-refractivity contribution in [3.05, 3.63) is 84.5 Å². The summed E-state index contributed by atoms with van der Waals surface area (Å²) in [6.07, 6.45) is 6.66. The van der Waals surface area contributed by atoms with Crippen LogP contribution in [0.1, 0.15) is 48.5 Å². The minimum absolute atomic E-state index is 0.000691. The first kappa shape index (κ1) is 29.2. The zero-order valence-corrected chi connectivity index (χ0v) is 24.0. The lowest BCUT2D eigenvalue weighted by Gasteiger charge is -2.43. The molecule has 0 aromatic heterocycles. The molecule has 3 nitrogen and oxygen atoms in total. The maximum atomic E-state index is 9.52. The Bertz CT molecular complexity index is 891. The molecule has 1 N–H and O–H groups in total. The average Bonchev–Trinajstić information content (AvgIpc) is 2.84. The van der Waals surface area contributed by atoms with E-state index in [9.17, 15) is 5.11 Å². The number of ether oxygens (including phenoxy) is 1. The van der Waals surface area contributed by atoms with Crippen LogP contribution >= 0.6 is 0 Å². The van der Waals surface area contributed by atoms with E-state index in [-0.39, 0.29) is 35.5 Å². The number of methoxy groups -OCH3 is 1. The van der Waals surface area contributed by atoms with Gasteiger partial charge in [-0.25, -0.2) is 0 Å². The van der Waals surface area contributed by atoms with E-state index in [2.05, 4.69) is 120 Å². The monoisotopic (exact) mass is 494 g/mol. The Morgan fingerprint density at radius 2 is 1.46 bits per heavy atom. The number of benzene rings is 2. The van der Waals surface area contributed by atoms with Crippen molar-refractivity contribution in [3.8, 4) is 0 Å². The summed E-state index contributed by atoms with van der Waals surface area (Å²) < 4.78 is 12.7. The Morgan fingerprint density at radius 3 is 1.89 bits per heavy atom. The fraction of sp³-hybridized carbons (Fsp3) is 0.484. The number of aliphatic hydroxyl groups is 1. The first-order chi connectivity index (χ1) is 16.6. The second-order valence-electron chi connectivity index (χ2n) is 10.9. The van der Waals surface area contributed by atoms with Crippen molar-refractivity contribution >= 4 is 18.7 Å². The summed E-state index contributed by atoms with van der Waals surface area (Å²) in [6.45, 7) is 16.2. The molecule has 35 heavy (non-hydrogen) atoms. The van der Waals surface area contributed by atoms with E-state index in [1.54, 1.807) is 7.11 Å². The van der Waals surface area contributed by atoms with E-state index in [0.717, 1.165) is 0 Å². The largest absolute Gasteiger partial charge is 0.407 e. The summed E-state index contributed by atoms with van der Waals surface area (Å²) in [5.41, 5.74) is 1.20. The van der Waals surface area contributed by atoms with E-state index in [4.69, 9.17) is 9.16 Å². The van der Waals surface area contributed by atoms with Crippen molar-refractivity contribution < 1.29 is 14.3 Å². The normalized spacial score (nSPS) is 16.8. The van der Waals surface area contributed by atoms with Crippen LogP contribution in [-0.2, 0) is 9.16 Å². The molecule has 2 aromatic rings. The molecule has 2 rings (SSSR count). The highest BCUT2D eigenvalue weighted by molar-refractivity contribution is 6.99. The Kier molecular flexibility index (Phi) is 11.2. The van der Waals surface area contributed by atoms with E-state index < -0.39 is 8.32 Å². The molecule has 4 heteroatoms. The third-order valence-corrected chi connectivity index (χ3v) is 11.8. The van der Waals surface area contributed by atoms with Crippen molar-refractivity contribution in [2.75, 3.05) is 20.3 Å². The van der Waals surface area contributed by atoms with Crippen LogP contribution in [0, 0.1) is 17.8 Å². The minimum Gasteiger partial charge on any atom is -0.407 e. The number of rotatable bonds is 12. The lowest BCUT2D eigenvalue weighted by atomic mass is 9.92. The molecule has 0 aliphatic heterocycles. The van der Waals surface area contributed by atoms with Crippen LogP contribution in [0.15, 0.2) is 84.5 Å². The van der Waals surface area contributed by atoms with Gasteiger partial charge in [0.05, 0.1) is 6.10 Å². The van der Waals surface area contributed by atoms with Gasteiger partial charge in [0.2, 0.25) is 0 Å². The molecule has 0 heterocycles. The molecule has 0 saturated heterocycles. The zero-order valence-electron chi connectivity index (χ0n) is 23.0. The fourth-order valence-electron chi connectivity index (χ4n) is 5.02. The van der Waals surface area contributed by atoms with Gasteiger partial charge < -0.3 is 14.3 Å². The van der Waals surface area contributed by atoms with Gasteiger partial charge in [0, 0.05) is 32.2 Å². The van der Waals surface area contributed by atoms with Crippen molar-refractivity contribution in [2.45, 2.75) is 59.6 Å². The average molecular weight is 495 g/mol. The van der Waals surface area contributed by atoms with Crippen molar-refractivity contribution in [2.24, 2.45) is 17.8 Å². The highest BCUT2D eigenvalue weighted by Crippen LogP contribution is 2.37. The molecule has 0 aliphatic rings. The van der Waals surface area contributed by atoms with E-state index in [1.165, 1.54) is 15.9 Å². The van der Waals surface area contributed by atoms with Crippen LogP contribution in [0.25, 0.3) is 0 Å². The smallest absolute Gasteiger partial charge is 0.261 e. The maximum Gasteiger partial charge on any atom is 0.261 e. The van der Waals surface area contributed by atoms with E-state index >= 15 is 0 Å². The Morgan fingerprint density at radius 1 is 0.943 bits per heavy atom. The van der Waals surface area contributed by atoms with Gasteiger partial charge >= 0.3 is 0 Å². The zero-order chi connectivity index (χ0) is 26.1. The molecule has 0 radical (unpaired) electrons. The number of allylic oxidation sites excluding steroid dienone is 2. The molecular formula is C31H46O3Si. The Labute approximate surface area is 215 Å².